The van der Waals surface area contributed by atoms with Crippen molar-refractivity contribution in [2.75, 3.05) is 0 Å². The number of fused-ring (bicyclic) bond motifs is 1. The van der Waals surface area contributed by atoms with Crippen LogP contribution in [-0.4, -0.2) is 40.0 Å². The van der Waals surface area contributed by atoms with Crippen LogP contribution in [0.2, 0.25) is 0 Å². The molecule has 0 radical (unpaired) electrons. The first-order valence-electron chi connectivity index (χ1n) is 7.73. The van der Waals surface area contributed by atoms with Gasteiger partial charge in [0.2, 0.25) is 10.0 Å². The quantitative estimate of drug-likeness (QED) is 0.506. The number of nitrogens with zero attached hydrogens (tertiary/aromatic N) is 3. The lowest BCUT2D eigenvalue weighted by Crippen LogP contribution is -2.35. The third-order valence-corrected chi connectivity index (χ3v) is 6.47. The average molecular weight is 430 g/mol. The maximum atomic E-state index is 12.6. The van der Waals surface area contributed by atoms with Crippen LogP contribution in [0.15, 0.2) is 23.1 Å². The standard InChI is InChI=1S/C15H13F3N6O2S2/c1-24-10-3-2-8(28(25,26)23-14(7-19)4-5-14)6-9(10)11(22-24)12(20)27-13(21)15(16,17)18/h2-3,6,20-21,23H,4-5H2,1H3. The summed E-state index contributed by atoms with van der Waals surface area (Å²) < 4.78 is 66.5. The van der Waals surface area contributed by atoms with Crippen molar-refractivity contribution in [2.24, 2.45) is 7.05 Å². The summed E-state index contributed by atoms with van der Waals surface area (Å²) >= 11 is -0.118. The third kappa shape index (κ3) is 3.75. The molecule has 148 valence electrons. The van der Waals surface area contributed by atoms with Gasteiger partial charge < -0.3 is 0 Å². The molecule has 8 nitrogen and oxygen atoms in total. The highest BCUT2D eigenvalue weighted by Crippen LogP contribution is 2.36. The van der Waals surface area contributed by atoms with E-state index in [1.54, 1.807) is 0 Å². The fourth-order valence-corrected chi connectivity index (χ4v) is 4.44. The van der Waals surface area contributed by atoms with Gasteiger partial charge in [-0.25, -0.2) is 8.42 Å². The van der Waals surface area contributed by atoms with Crippen LogP contribution in [0.25, 0.3) is 10.9 Å². The van der Waals surface area contributed by atoms with Gasteiger partial charge in [-0.1, -0.05) is 0 Å². The lowest BCUT2D eigenvalue weighted by atomic mass is 10.2. The summed E-state index contributed by atoms with van der Waals surface area (Å²) in [4.78, 5) is -0.195. The van der Waals surface area contributed by atoms with Crippen molar-refractivity contribution >= 4 is 42.8 Å². The Morgan fingerprint density at radius 1 is 1.39 bits per heavy atom. The van der Waals surface area contributed by atoms with Crippen molar-refractivity contribution in [1.29, 1.82) is 16.1 Å². The van der Waals surface area contributed by atoms with E-state index in [2.05, 4.69) is 9.82 Å². The number of nitrogens with one attached hydrogen (secondary N) is 3. The van der Waals surface area contributed by atoms with Crippen molar-refractivity contribution in [1.82, 2.24) is 14.5 Å². The lowest BCUT2D eigenvalue weighted by Gasteiger charge is -2.10. The van der Waals surface area contributed by atoms with E-state index < -0.39 is 31.8 Å². The Kier molecular flexibility index (Phi) is 4.77. The third-order valence-electron chi connectivity index (χ3n) is 4.10. The number of sulfonamides is 1. The topological polar surface area (TPSA) is 135 Å². The molecule has 13 heteroatoms. The molecule has 0 amide bonds. The summed E-state index contributed by atoms with van der Waals surface area (Å²) in [6.07, 6.45) is -4.11. The highest BCUT2D eigenvalue weighted by atomic mass is 32.2. The molecule has 28 heavy (non-hydrogen) atoms. The van der Waals surface area contributed by atoms with Crippen LogP contribution in [0.4, 0.5) is 13.2 Å². The van der Waals surface area contributed by atoms with Gasteiger partial charge in [-0.3, -0.25) is 15.5 Å². The zero-order chi connectivity index (χ0) is 20.9. The van der Waals surface area contributed by atoms with Gasteiger partial charge in [0, 0.05) is 12.4 Å². The maximum Gasteiger partial charge on any atom is 0.439 e. The Bertz CT molecular complexity index is 1140. The predicted molar refractivity (Wildman–Crippen MR) is 96.8 cm³/mol. The van der Waals surface area contributed by atoms with Crippen molar-refractivity contribution in [2.45, 2.75) is 29.5 Å². The molecule has 0 saturated heterocycles. The summed E-state index contributed by atoms with van der Waals surface area (Å²) in [5, 5.41) is 25.8. The number of thioether (sulfide) groups is 1. The highest BCUT2D eigenvalue weighted by Gasteiger charge is 2.46. The first kappa shape index (κ1) is 20.3. The van der Waals surface area contributed by atoms with E-state index in [4.69, 9.17) is 16.1 Å². The number of hydrogen-bond donors (Lipinski definition) is 3. The Morgan fingerprint density at radius 3 is 2.57 bits per heavy atom. The van der Waals surface area contributed by atoms with E-state index in [0.29, 0.717) is 18.4 Å². The number of hydrogen-bond acceptors (Lipinski definition) is 7. The predicted octanol–water partition coefficient (Wildman–Crippen LogP) is 2.51. The Hall–Kier alpha value is -2.43. The molecule has 1 aromatic carbocycles. The van der Waals surface area contributed by atoms with E-state index in [-0.39, 0.29) is 27.7 Å². The number of benzene rings is 1. The van der Waals surface area contributed by atoms with Gasteiger partial charge in [0.1, 0.15) is 16.3 Å². The molecule has 0 aliphatic heterocycles. The largest absolute Gasteiger partial charge is 0.439 e. The molecule has 3 N–H and O–H groups in total. The molecule has 1 saturated carbocycles. The number of aryl methyl sites for hydroxylation is 1. The van der Waals surface area contributed by atoms with Gasteiger partial charge in [0.05, 0.1) is 16.5 Å². The van der Waals surface area contributed by atoms with Crippen molar-refractivity contribution < 1.29 is 21.6 Å². The van der Waals surface area contributed by atoms with Crippen molar-refractivity contribution in [3.63, 3.8) is 0 Å². The summed E-state index contributed by atoms with van der Waals surface area (Å²) in [5.74, 6) is 0. The van der Waals surface area contributed by atoms with Crippen LogP contribution in [0.1, 0.15) is 18.5 Å². The molecule has 0 atom stereocenters. The van der Waals surface area contributed by atoms with Crippen LogP contribution in [-0.2, 0) is 17.1 Å². The second-order valence-corrected chi connectivity index (χ2v) is 8.91. The van der Waals surface area contributed by atoms with E-state index in [1.807, 2.05) is 6.07 Å². The second kappa shape index (κ2) is 6.57. The number of aromatic nitrogens is 2. The van der Waals surface area contributed by atoms with Crippen LogP contribution < -0.4 is 4.72 Å². The molecule has 2 aromatic rings. The summed E-state index contributed by atoms with van der Waals surface area (Å²) in [6, 6.07) is 5.81. The highest BCUT2D eigenvalue weighted by molar-refractivity contribution is 8.27. The molecule has 0 bridgehead atoms. The summed E-state index contributed by atoms with van der Waals surface area (Å²) in [6.45, 7) is 0. The van der Waals surface area contributed by atoms with Gasteiger partial charge in [0.15, 0.2) is 5.04 Å². The number of rotatable bonds is 4. The van der Waals surface area contributed by atoms with Crippen LogP contribution in [0, 0.1) is 22.1 Å². The Labute approximate surface area is 161 Å². The zero-order valence-electron chi connectivity index (χ0n) is 14.3. The fraction of sp³-hybridized carbons (Fsp3) is 0.333. The SMILES string of the molecule is Cn1nc(C(=N)SC(=N)C(F)(F)F)c2cc(S(=O)(=O)NC3(C#N)CC3)ccc21. The minimum atomic E-state index is -4.89. The molecule has 1 aromatic heterocycles. The molecular weight excluding hydrogens is 417 g/mol. The molecule has 1 aliphatic rings. The summed E-state index contributed by atoms with van der Waals surface area (Å²) in [5.41, 5.74) is -0.898. The Morgan fingerprint density at radius 2 is 2.04 bits per heavy atom. The molecular formula is C15H13F3N6O2S2. The van der Waals surface area contributed by atoms with Crippen LogP contribution in [0.3, 0.4) is 0 Å². The van der Waals surface area contributed by atoms with Crippen LogP contribution in [0.5, 0.6) is 0 Å². The van der Waals surface area contributed by atoms with Gasteiger partial charge in [-0.15, -0.1) is 0 Å². The molecule has 0 unspecified atom stereocenters. The maximum absolute atomic E-state index is 12.6. The summed E-state index contributed by atoms with van der Waals surface area (Å²) in [7, 11) is -2.55. The van der Waals surface area contributed by atoms with E-state index in [0.717, 1.165) is 0 Å². The van der Waals surface area contributed by atoms with Gasteiger partial charge in [-0.2, -0.15) is 28.3 Å². The molecule has 1 aliphatic carbocycles. The molecule has 0 spiro atoms. The van der Waals surface area contributed by atoms with Gasteiger partial charge >= 0.3 is 6.18 Å². The molecule has 1 fully saturated rings. The van der Waals surface area contributed by atoms with Crippen molar-refractivity contribution in [3.8, 4) is 6.07 Å². The normalized spacial score (nSPS) is 16.0. The number of nitriles is 1. The first-order chi connectivity index (χ1) is 12.9. The second-order valence-electron chi connectivity index (χ2n) is 6.21. The number of alkyl halides is 3. The molecule has 1 heterocycles. The smallest absolute Gasteiger partial charge is 0.292 e. The van der Waals surface area contributed by atoms with E-state index in [9.17, 15) is 21.6 Å². The number of halogens is 3. The van der Waals surface area contributed by atoms with Gasteiger partial charge in [0.25, 0.3) is 0 Å². The average Bonchev–Trinajstić information content (AvgIpc) is 3.29. The zero-order valence-corrected chi connectivity index (χ0v) is 15.9. The monoisotopic (exact) mass is 430 g/mol. The van der Waals surface area contributed by atoms with Crippen LogP contribution >= 0.6 is 11.8 Å². The van der Waals surface area contributed by atoms with E-state index in [1.165, 1.54) is 29.9 Å². The molecule has 3 rings (SSSR count). The Balaban J connectivity index is 2.00. The van der Waals surface area contributed by atoms with E-state index >= 15 is 0 Å². The minimum Gasteiger partial charge on any atom is -0.292 e. The minimum absolute atomic E-state index is 0.118. The van der Waals surface area contributed by atoms with Crippen molar-refractivity contribution in [3.05, 3.63) is 23.9 Å². The lowest BCUT2D eigenvalue weighted by molar-refractivity contribution is -0.0560. The first-order valence-corrected chi connectivity index (χ1v) is 10.0. The fourth-order valence-electron chi connectivity index (χ4n) is 2.47. The van der Waals surface area contributed by atoms with Gasteiger partial charge in [-0.05, 0) is 42.8 Å².